The van der Waals surface area contributed by atoms with Gasteiger partial charge in [-0.25, -0.2) is 17.1 Å². The molecule has 11 heteroatoms. The summed E-state index contributed by atoms with van der Waals surface area (Å²) in [7, 11) is -3.14. The third kappa shape index (κ3) is 4.25. The molecule has 3 aromatic rings. The van der Waals surface area contributed by atoms with Crippen LogP contribution in [-0.4, -0.2) is 76.0 Å². The first kappa shape index (κ1) is 23.4. The molecule has 184 valence electrons. The van der Waals surface area contributed by atoms with Crippen molar-refractivity contribution in [3.8, 4) is 5.95 Å². The van der Waals surface area contributed by atoms with Crippen LogP contribution in [0.1, 0.15) is 50.6 Å². The van der Waals surface area contributed by atoms with E-state index in [0.29, 0.717) is 37.0 Å². The molecule has 4 heterocycles. The topological polar surface area (TPSA) is 97.4 Å². The predicted molar refractivity (Wildman–Crippen MR) is 126 cm³/mol. The number of hydrogen-bond acceptors (Lipinski definition) is 7. The van der Waals surface area contributed by atoms with E-state index in [2.05, 4.69) is 27.1 Å². The summed E-state index contributed by atoms with van der Waals surface area (Å²) in [5.41, 5.74) is 1.17. The van der Waals surface area contributed by atoms with Gasteiger partial charge in [-0.1, -0.05) is 26.0 Å². The second-order valence-electron chi connectivity index (χ2n) is 9.55. The van der Waals surface area contributed by atoms with E-state index in [9.17, 15) is 12.8 Å². The lowest BCUT2D eigenvalue weighted by Crippen LogP contribution is -2.53. The summed E-state index contributed by atoms with van der Waals surface area (Å²) in [6, 6.07) is 5.34. The zero-order valence-electron chi connectivity index (χ0n) is 19.8. The highest BCUT2D eigenvalue weighted by molar-refractivity contribution is 7.88. The molecule has 0 aliphatic carbocycles. The molecule has 0 bridgehead atoms. The minimum absolute atomic E-state index is 0.140. The number of rotatable bonds is 5. The third-order valence-corrected chi connectivity index (χ3v) is 8.59. The predicted octanol–water partition coefficient (Wildman–Crippen LogP) is 2.96. The maximum absolute atomic E-state index is 14.6. The Bertz CT molecular complexity index is 1280. The lowest BCUT2D eigenvalue weighted by atomic mass is 9.89. The molecule has 5 rings (SSSR count). The molecule has 2 fully saturated rings. The highest BCUT2D eigenvalue weighted by Gasteiger charge is 2.36. The first-order chi connectivity index (χ1) is 16.3. The van der Waals surface area contributed by atoms with Crippen molar-refractivity contribution in [2.45, 2.75) is 51.5 Å². The van der Waals surface area contributed by atoms with Crippen molar-refractivity contribution in [3.63, 3.8) is 0 Å². The van der Waals surface area contributed by atoms with Crippen LogP contribution in [0, 0.1) is 11.7 Å². The van der Waals surface area contributed by atoms with Gasteiger partial charge in [0.25, 0.3) is 5.95 Å². The van der Waals surface area contributed by atoms with Crippen LogP contribution in [0.2, 0.25) is 0 Å². The van der Waals surface area contributed by atoms with E-state index >= 15 is 0 Å². The van der Waals surface area contributed by atoms with Gasteiger partial charge in [0.2, 0.25) is 15.9 Å². The van der Waals surface area contributed by atoms with E-state index in [0.717, 1.165) is 43.4 Å². The van der Waals surface area contributed by atoms with Crippen molar-refractivity contribution in [2.24, 2.45) is 5.92 Å². The number of nitrogens with zero attached hydrogens (tertiary/aromatic N) is 6. The van der Waals surface area contributed by atoms with Crippen molar-refractivity contribution in [1.29, 1.82) is 0 Å². The Morgan fingerprint density at radius 1 is 1.18 bits per heavy atom. The van der Waals surface area contributed by atoms with Crippen LogP contribution in [0.15, 0.2) is 22.7 Å². The molecule has 0 radical (unpaired) electrons. The summed E-state index contributed by atoms with van der Waals surface area (Å²) in [6.07, 6.45) is 4.58. The fourth-order valence-electron chi connectivity index (χ4n) is 5.49. The fraction of sp³-hybridized carbons (Fsp3) is 0.609. The number of hydrogen-bond donors (Lipinski definition) is 0. The number of sulfonamides is 1. The van der Waals surface area contributed by atoms with E-state index in [1.54, 1.807) is 10.4 Å². The zero-order valence-corrected chi connectivity index (χ0v) is 20.6. The van der Waals surface area contributed by atoms with Crippen molar-refractivity contribution < 1.29 is 17.3 Å². The largest absolute Gasteiger partial charge is 0.337 e. The van der Waals surface area contributed by atoms with Gasteiger partial charge < -0.3 is 4.52 Å². The smallest absolute Gasteiger partial charge is 0.291 e. The van der Waals surface area contributed by atoms with Gasteiger partial charge in [-0.3, -0.25) is 4.90 Å². The quantitative estimate of drug-likeness (QED) is 0.542. The number of para-hydroxylation sites is 1. The average Bonchev–Trinajstić information content (AvgIpc) is 3.44. The summed E-state index contributed by atoms with van der Waals surface area (Å²) in [5.74, 6) is 0.883. The van der Waals surface area contributed by atoms with Gasteiger partial charge in [0.1, 0.15) is 11.3 Å². The molecule has 34 heavy (non-hydrogen) atoms. The maximum atomic E-state index is 14.6. The number of fused-ring (bicyclic) bond motifs is 1. The van der Waals surface area contributed by atoms with E-state index in [1.807, 2.05) is 13.0 Å². The van der Waals surface area contributed by atoms with Gasteiger partial charge in [0.15, 0.2) is 0 Å². The molecule has 2 aromatic heterocycles. The second-order valence-corrected chi connectivity index (χ2v) is 11.5. The Labute approximate surface area is 199 Å². The van der Waals surface area contributed by atoms with Gasteiger partial charge in [-0.05, 0) is 55.9 Å². The molecule has 9 nitrogen and oxygen atoms in total. The van der Waals surface area contributed by atoms with Crippen LogP contribution < -0.4 is 0 Å². The average molecular weight is 491 g/mol. The highest BCUT2D eigenvalue weighted by atomic mass is 32.2. The van der Waals surface area contributed by atoms with E-state index in [1.165, 1.54) is 17.0 Å². The first-order valence-electron chi connectivity index (χ1n) is 12.0. The van der Waals surface area contributed by atoms with Crippen LogP contribution in [-0.2, 0) is 16.4 Å². The van der Waals surface area contributed by atoms with Crippen LogP contribution in [0.4, 0.5) is 4.39 Å². The second kappa shape index (κ2) is 9.01. The molecule has 0 N–H and O–H groups in total. The monoisotopic (exact) mass is 490 g/mol. The Balaban J connectivity index is 1.27. The maximum Gasteiger partial charge on any atom is 0.291 e. The minimum Gasteiger partial charge on any atom is -0.337 e. The molecule has 1 aromatic carbocycles. The molecule has 2 saturated heterocycles. The van der Waals surface area contributed by atoms with Crippen LogP contribution in [0.25, 0.3) is 16.9 Å². The normalized spacial score (nSPS) is 23.6. The van der Waals surface area contributed by atoms with Crippen molar-refractivity contribution in [1.82, 2.24) is 29.1 Å². The molecule has 2 aliphatic heterocycles. The molecule has 0 spiro atoms. The van der Waals surface area contributed by atoms with Crippen LogP contribution in [0.5, 0.6) is 0 Å². The summed E-state index contributed by atoms with van der Waals surface area (Å²) < 4.78 is 47.0. The lowest BCUT2D eigenvalue weighted by molar-refractivity contribution is 0.0691. The SMILES string of the molecule is CCc1nn(-c2noc(C3CCN(C4CCN(S(C)(=O)=O)CC4C)CC3)n2)c2c(F)cccc12. The highest BCUT2D eigenvalue weighted by Crippen LogP contribution is 2.32. The van der Waals surface area contributed by atoms with Crippen molar-refractivity contribution in [3.05, 3.63) is 35.6 Å². The molecule has 2 aliphatic rings. The zero-order chi connectivity index (χ0) is 24.0. The number of halogens is 1. The van der Waals surface area contributed by atoms with Gasteiger partial charge in [0.05, 0.1) is 11.9 Å². The Morgan fingerprint density at radius 3 is 2.62 bits per heavy atom. The number of aryl methyl sites for hydroxylation is 1. The van der Waals surface area contributed by atoms with E-state index in [-0.39, 0.29) is 23.6 Å². The molecule has 0 amide bonds. The number of piperidine rings is 2. The van der Waals surface area contributed by atoms with Gasteiger partial charge in [-0.2, -0.15) is 14.8 Å². The van der Waals surface area contributed by atoms with Crippen LogP contribution >= 0.6 is 0 Å². The standard InChI is InChI=1S/C23H31FN6O3S/c1-4-19-17-6-5-7-18(24)21(17)30(26-19)23-25-22(33-27-23)16-8-11-28(12-9-16)20-10-13-29(14-15(20)2)34(3,31)32/h5-7,15-16,20H,4,8-14H2,1-3H3. The lowest BCUT2D eigenvalue weighted by Gasteiger charge is -2.44. The van der Waals surface area contributed by atoms with Gasteiger partial charge >= 0.3 is 0 Å². The Kier molecular flexibility index (Phi) is 6.19. The summed E-state index contributed by atoms with van der Waals surface area (Å²) in [4.78, 5) is 7.07. The van der Waals surface area contributed by atoms with Gasteiger partial charge in [-0.15, -0.1) is 0 Å². The fourth-order valence-corrected chi connectivity index (χ4v) is 6.43. The van der Waals surface area contributed by atoms with E-state index in [4.69, 9.17) is 4.52 Å². The summed E-state index contributed by atoms with van der Waals surface area (Å²) in [5, 5.41) is 9.43. The number of likely N-dealkylation sites (tertiary alicyclic amines) is 1. The number of benzene rings is 1. The molecule has 2 atom stereocenters. The number of aromatic nitrogens is 4. The third-order valence-electron chi connectivity index (χ3n) is 7.33. The van der Waals surface area contributed by atoms with Crippen molar-refractivity contribution >= 4 is 20.9 Å². The Morgan fingerprint density at radius 2 is 1.94 bits per heavy atom. The molecular weight excluding hydrogens is 459 g/mol. The van der Waals surface area contributed by atoms with Gasteiger partial charge in [0, 0.05) is 30.4 Å². The summed E-state index contributed by atoms with van der Waals surface area (Å²) >= 11 is 0. The molecular formula is C23H31FN6O3S. The van der Waals surface area contributed by atoms with Crippen molar-refractivity contribution in [2.75, 3.05) is 32.4 Å². The first-order valence-corrected chi connectivity index (χ1v) is 13.8. The Hall–Kier alpha value is -2.37. The van der Waals surface area contributed by atoms with Crippen LogP contribution in [0.3, 0.4) is 0 Å². The van der Waals surface area contributed by atoms with E-state index < -0.39 is 10.0 Å². The summed E-state index contributed by atoms with van der Waals surface area (Å²) in [6.45, 7) is 7.07. The molecule has 0 saturated carbocycles. The minimum atomic E-state index is -3.14. The molecule has 2 unspecified atom stereocenters.